The molecule has 0 saturated heterocycles. The zero-order valence-corrected chi connectivity index (χ0v) is 8.21. The Labute approximate surface area is 89.4 Å². The molecule has 0 bridgehead atoms. The molecule has 15 heavy (non-hydrogen) atoms. The summed E-state index contributed by atoms with van der Waals surface area (Å²) in [5, 5.41) is 1.24. The third kappa shape index (κ3) is 2.15. The molecule has 0 amide bonds. The molecular weight excluding hydrogens is 224 g/mol. The van der Waals surface area contributed by atoms with Gasteiger partial charge in [-0.25, -0.2) is 0 Å². The van der Waals surface area contributed by atoms with Crippen LogP contribution in [0.2, 0.25) is 5.02 Å². The lowest BCUT2D eigenvalue weighted by Crippen LogP contribution is -2.01. The van der Waals surface area contributed by atoms with Gasteiger partial charge in [0.25, 0.3) is 0 Å². The second-order valence-corrected chi connectivity index (χ2v) is 3.26. The summed E-state index contributed by atoms with van der Waals surface area (Å²) in [6.07, 6.45) is 1.51. The van der Waals surface area contributed by atoms with Crippen molar-refractivity contribution in [3.63, 3.8) is 0 Å². The normalized spacial score (nSPS) is 10.9. The molecule has 0 unspecified atom stereocenters. The third-order valence-electron chi connectivity index (χ3n) is 1.89. The SMILES string of the molecule is FC(F)Oc1ccc2c(Cl)ccnc2c1. The van der Waals surface area contributed by atoms with E-state index in [1.165, 1.54) is 18.3 Å². The van der Waals surface area contributed by atoms with Gasteiger partial charge in [0.2, 0.25) is 0 Å². The van der Waals surface area contributed by atoms with Crippen LogP contribution in [0.1, 0.15) is 0 Å². The van der Waals surface area contributed by atoms with Gasteiger partial charge in [-0.1, -0.05) is 11.6 Å². The minimum atomic E-state index is -2.83. The number of aromatic nitrogens is 1. The first kappa shape index (κ1) is 10.1. The van der Waals surface area contributed by atoms with Crippen molar-refractivity contribution < 1.29 is 13.5 Å². The van der Waals surface area contributed by atoms with Crippen LogP contribution in [0, 0.1) is 0 Å². The van der Waals surface area contributed by atoms with E-state index in [1.54, 1.807) is 12.1 Å². The molecule has 0 aliphatic rings. The summed E-state index contributed by atoms with van der Waals surface area (Å²) in [7, 11) is 0. The number of halogens is 3. The van der Waals surface area contributed by atoms with E-state index in [4.69, 9.17) is 11.6 Å². The topological polar surface area (TPSA) is 22.1 Å². The molecule has 0 saturated carbocycles. The first-order chi connectivity index (χ1) is 7.16. The smallest absolute Gasteiger partial charge is 0.387 e. The number of hydrogen-bond donors (Lipinski definition) is 0. The number of hydrogen-bond acceptors (Lipinski definition) is 2. The summed E-state index contributed by atoms with van der Waals surface area (Å²) >= 11 is 5.89. The molecule has 0 aliphatic carbocycles. The van der Waals surface area contributed by atoms with E-state index < -0.39 is 6.61 Å². The summed E-state index contributed by atoms with van der Waals surface area (Å²) in [6.45, 7) is -2.83. The number of fused-ring (bicyclic) bond motifs is 1. The fourth-order valence-corrected chi connectivity index (χ4v) is 1.49. The highest BCUT2D eigenvalue weighted by Gasteiger charge is 2.06. The van der Waals surface area contributed by atoms with Crippen LogP contribution in [0.3, 0.4) is 0 Å². The molecule has 0 N–H and O–H groups in total. The van der Waals surface area contributed by atoms with Gasteiger partial charge in [-0.3, -0.25) is 4.98 Å². The minimum absolute atomic E-state index is 0.0762. The molecule has 0 spiro atoms. The van der Waals surface area contributed by atoms with Crippen LogP contribution in [-0.2, 0) is 0 Å². The first-order valence-electron chi connectivity index (χ1n) is 4.16. The van der Waals surface area contributed by atoms with Crippen LogP contribution in [0.25, 0.3) is 10.9 Å². The van der Waals surface area contributed by atoms with E-state index in [1.807, 2.05) is 0 Å². The van der Waals surface area contributed by atoms with E-state index in [0.717, 1.165) is 0 Å². The maximum atomic E-state index is 11.9. The molecule has 78 valence electrons. The fraction of sp³-hybridized carbons (Fsp3) is 0.100. The highest BCUT2D eigenvalue weighted by Crippen LogP contribution is 2.25. The number of pyridine rings is 1. The van der Waals surface area contributed by atoms with Crippen molar-refractivity contribution in [3.8, 4) is 5.75 Å². The molecule has 2 rings (SSSR count). The Balaban J connectivity index is 2.48. The molecule has 0 atom stereocenters. The van der Waals surface area contributed by atoms with Gasteiger partial charge in [0, 0.05) is 17.6 Å². The molecule has 2 aromatic rings. The monoisotopic (exact) mass is 229 g/mol. The molecule has 2 nitrogen and oxygen atoms in total. The van der Waals surface area contributed by atoms with Gasteiger partial charge in [0.15, 0.2) is 0 Å². The van der Waals surface area contributed by atoms with Gasteiger partial charge in [-0.05, 0) is 18.2 Å². The average molecular weight is 230 g/mol. The van der Waals surface area contributed by atoms with Gasteiger partial charge in [-0.15, -0.1) is 0 Å². The summed E-state index contributed by atoms with van der Waals surface area (Å²) in [5.41, 5.74) is 0.528. The number of nitrogens with zero attached hydrogens (tertiary/aromatic N) is 1. The quantitative estimate of drug-likeness (QED) is 0.787. The first-order valence-corrected chi connectivity index (χ1v) is 4.54. The fourth-order valence-electron chi connectivity index (χ4n) is 1.27. The second-order valence-electron chi connectivity index (χ2n) is 2.85. The Morgan fingerprint density at radius 3 is 2.80 bits per heavy atom. The van der Waals surface area contributed by atoms with Crippen molar-refractivity contribution in [2.75, 3.05) is 0 Å². The number of benzene rings is 1. The summed E-state index contributed by atoms with van der Waals surface area (Å²) < 4.78 is 28.1. The molecule has 1 aromatic carbocycles. The molecular formula is C10H6ClF2NO. The Morgan fingerprint density at radius 1 is 1.27 bits per heavy atom. The third-order valence-corrected chi connectivity index (χ3v) is 2.22. The van der Waals surface area contributed by atoms with Crippen LogP contribution >= 0.6 is 11.6 Å². The van der Waals surface area contributed by atoms with Crippen molar-refractivity contribution in [2.24, 2.45) is 0 Å². The molecule has 1 heterocycles. The molecule has 5 heteroatoms. The van der Waals surface area contributed by atoms with Crippen molar-refractivity contribution in [2.45, 2.75) is 6.61 Å². The van der Waals surface area contributed by atoms with Crippen LogP contribution in [0.5, 0.6) is 5.75 Å². The van der Waals surface area contributed by atoms with Gasteiger partial charge in [-0.2, -0.15) is 8.78 Å². The zero-order valence-electron chi connectivity index (χ0n) is 7.45. The minimum Gasteiger partial charge on any atom is -0.435 e. The summed E-state index contributed by atoms with van der Waals surface area (Å²) in [5.74, 6) is 0.0762. The predicted octanol–water partition coefficient (Wildman–Crippen LogP) is 3.49. The van der Waals surface area contributed by atoms with Gasteiger partial charge >= 0.3 is 6.61 Å². The maximum absolute atomic E-state index is 11.9. The van der Waals surface area contributed by atoms with Crippen molar-refractivity contribution in [1.29, 1.82) is 0 Å². The number of ether oxygens (including phenoxy) is 1. The molecule has 0 fully saturated rings. The Hall–Kier alpha value is -1.42. The lowest BCUT2D eigenvalue weighted by Gasteiger charge is -2.05. The van der Waals surface area contributed by atoms with Gasteiger partial charge < -0.3 is 4.74 Å². The van der Waals surface area contributed by atoms with E-state index in [0.29, 0.717) is 15.9 Å². The Morgan fingerprint density at radius 2 is 2.07 bits per heavy atom. The van der Waals surface area contributed by atoms with Crippen LogP contribution in [-0.4, -0.2) is 11.6 Å². The van der Waals surface area contributed by atoms with Crippen molar-refractivity contribution in [3.05, 3.63) is 35.5 Å². The lowest BCUT2D eigenvalue weighted by atomic mass is 10.2. The summed E-state index contributed by atoms with van der Waals surface area (Å²) in [6, 6.07) is 6.09. The van der Waals surface area contributed by atoms with Crippen LogP contribution in [0.4, 0.5) is 8.78 Å². The number of rotatable bonds is 2. The highest BCUT2D eigenvalue weighted by molar-refractivity contribution is 6.35. The second kappa shape index (κ2) is 3.98. The van der Waals surface area contributed by atoms with Crippen molar-refractivity contribution in [1.82, 2.24) is 4.98 Å². The molecule has 0 aliphatic heterocycles. The van der Waals surface area contributed by atoms with Gasteiger partial charge in [0.1, 0.15) is 5.75 Å². The van der Waals surface area contributed by atoms with Gasteiger partial charge in [0.05, 0.1) is 10.5 Å². The summed E-state index contributed by atoms with van der Waals surface area (Å²) in [4.78, 5) is 4.00. The predicted molar refractivity (Wildman–Crippen MR) is 53.4 cm³/mol. The van der Waals surface area contributed by atoms with Crippen LogP contribution < -0.4 is 4.74 Å². The van der Waals surface area contributed by atoms with Crippen LogP contribution in [0.15, 0.2) is 30.5 Å². The maximum Gasteiger partial charge on any atom is 0.387 e. The Kier molecular flexibility index (Phi) is 2.68. The Bertz CT molecular complexity index is 490. The molecule has 1 aromatic heterocycles. The van der Waals surface area contributed by atoms with E-state index >= 15 is 0 Å². The highest BCUT2D eigenvalue weighted by atomic mass is 35.5. The largest absolute Gasteiger partial charge is 0.435 e. The molecule has 0 radical (unpaired) electrons. The standard InChI is InChI=1S/C10H6ClF2NO/c11-8-3-4-14-9-5-6(15-10(12)13)1-2-7(8)9/h1-5,10H. The zero-order chi connectivity index (χ0) is 10.8. The van der Waals surface area contributed by atoms with E-state index in [9.17, 15) is 8.78 Å². The van der Waals surface area contributed by atoms with E-state index in [2.05, 4.69) is 9.72 Å². The average Bonchev–Trinajstić information content (AvgIpc) is 2.17. The number of alkyl halides is 2. The van der Waals surface area contributed by atoms with E-state index in [-0.39, 0.29) is 5.75 Å². The lowest BCUT2D eigenvalue weighted by molar-refractivity contribution is -0.0497. The van der Waals surface area contributed by atoms with Crippen molar-refractivity contribution >= 4 is 22.5 Å².